The van der Waals surface area contributed by atoms with E-state index in [1.165, 1.54) is 0 Å². The molecule has 2 saturated heterocycles. The topological polar surface area (TPSA) is 132 Å². The fraction of sp³-hybridized carbons (Fsp3) is 0.537. The maximum Gasteiger partial charge on any atom is 0.410 e. The van der Waals surface area contributed by atoms with Crippen molar-refractivity contribution in [1.82, 2.24) is 20.2 Å². The van der Waals surface area contributed by atoms with Crippen LogP contribution in [-0.2, 0) is 17.6 Å². The highest BCUT2D eigenvalue weighted by molar-refractivity contribution is 5.95. The molecule has 0 saturated carbocycles. The first-order valence-electron chi connectivity index (χ1n) is 19.3. The first-order chi connectivity index (χ1) is 25.4. The number of rotatable bonds is 4. The third kappa shape index (κ3) is 8.27. The number of anilines is 2. The van der Waals surface area contributed by atoms with Gasteiger partial charge in [-0.2, -0.15) is 0 Å². The number of benzene rings is 2. The Morgan fingerprint density at radius 1 is 0.698 bits per heavy atom. The highest BCUT2D eigenvalue weighted by Gasteiger charge is 2.28. The molecule has 0 aliphatic carbocycles. The molecule has 3 N–H and O–H groups in total. The molecule has 53 heavy (non-hydrogen) atoms. The molecule has 2 aromatic carbocycles. The van der Waals surface area contributed by atoms with Crippen molar-refractivity contribution in [3.8, 4) is 11.5 Å². The van der Waals surface area contributed by atoms with Gasteiger partial charge in [-0.3, -0.25) is 9.59 Å². The van der Waals surface area contributed by atoms with E-state index in [1.807, 2.05) is 58.2 Å². The van der Waals surface area contributed by atoms with Gasteiger partial charge in [0.2, 0.25) is 0 Å². The third-order valence-electron chi connectivity index (χ3n) is 10.7. The second kappa shape index (κ2) is 15.3. The molecular weight excluding hydrogens is 672 g/mol. The molecular formula is C41H54N6O6. The lowest BCUT2D eigenvalue weighted by Gasteiger charge is -2.33. The van der Waals surface area contributed by atoms with Crippen LogP contribution in [0.2, 0.25) is 0 Å². The lowest BCUT2D eigenvalue weighted by Crippen LogP contribution is -2.44. The minimum absolute atomic E-state index is 0.00670. The first kappa shape index (κ1) is 36.6. The van der Waals surface area contributed by atoms with Gasteiger partial charge in [0.25, 0.3) is 11.1 Å². The number of likely N-dealkylation sites (tertiary alicyclic amines) is 1. The Bertz CT molecular complexity index is 2070. The fourth-order valence-corrected chi connectivity index (χ4v) is 8.07. The number of fused-ring (bicyclic) bond motifs is 6. The summed E-state index contributed by atoms with van der Waals surface area (Å²) in [6.07, 6.45) is 7.37. The van der Waals surface area contributed by atoms with Crippen molar-refractivity contribution in [2.45, 2.75) is 89.9 Å². The quantitative estimate of drug-likeness (QED) is 0.241. The molecule has 0 bridgehead atoms. The number of amides is 1. The number of nitrogens with zero attached hydrogens (tertiary/aromatic N) is 3. The van der Waals surface area contributed by atoms with Crippen molar-refractivity contribution in [3.63, 3.8) is 0 Å². The molecule has 0 radical (unpaired) electrons. The number of ether oxygens (including phenoxy) is 3. The van der Waals surface area contributed by atoms with Gasteiger partial charge in [-0.05, 0) is 109 Å². The SMILES string of the molecule is CN1CCCc2c1c1cc(OC3CCN(C(=O)OC(C)(C)C)CC3)ccc1[nH]c2=O.CN1CCCc2c1c1cc(OC3CCNCC3)ccc1[nH]c2=O. The highest BCUT2D eigenvalue weighted by Crippen LogP contribution is 2.35. The Labute approximate surface area is 310 Å². The summed E-state index contributed by atoms with van der Waals surface area (Å²) < 4.78 is 17.9. The molecule has 2 fully saturated rings. The number of hydrogen-bond acceptors (Lipinski definition) is 9. The summed E-state index contributed by atoms with van der Waals surface area (Å²) in [5.74, 6) is 1.70. The average Bonchev–Trinajstić information content (AvgIpc) is 3.13. The molecule has 8 rings (SSSR count). The minimum Gasteiger partial charge on any atom is -0.490 e. The van der Waals surface area contributed by atoms with Crippen LogP contribution in [-0.4, -0.2) is 92.1 Å². The maximum atomic E-state index is 12.4. The summed E-state index contributed by atoms with van der Waals surface area (Å²) in [4.78, 5) is 49.1. The van der Waals surface area contributed by atoms with E-state index in [0.717, 1.165) is 133 Å². The Hall–Kier alpha value is -4.71. The lowest BCUT2D eigenvalue weighted by molar-refractivity contribution is 0.0126. The number of piperidine rings is 2. The van der Waals surface area contributed by atoms with Crippen molar-refractivity contribution in [3.05, 3.63) is 68.2 Å². The van der Waals surface area contributed by atoms with Gasteiger partial charge in [-0.25, -0.2) is 4.79 Å². The van der Waals surface area contributed by atoms with Gasteiger partial charge in [-0.1, -0.05) is 0 Å². The molecule has 2 aromatic heterocycles. The molecule has 12 heteroatoms. The Kier molecular flexibility index (Phi) is 10.6. The summed E-state index contributed by atoms with van der Waals surface area (Å²) >= 11 is 0. The van der Waals surface area contributed by atoms with Crippen molar-refractivity contribution < 1.29 is 19.0 Å². The summed E-state index contributed by atoms with van der Waals surface area (Å²) in [7, 11) is 4.11. The van der Waals surface area contributed by atoms with Crippen molar-refractivity contribution in [2.24, 2.45) is 0 Å². The zero-order valence-electron chi connectivity index (χ0n) is 31.8. The number of hydrogen-bond donors (Lipinski definition) is 3. The van der Waals surface area contributed by atoms with Gasteiger partial charge >= 0.3 is 6.09 Å². The summed E-state index contributed by atoms with van der Waals surface area (Å²) in [5.41, 5.74) is 5.15. The van der Waals surface area contributed by atoms with E-state index < -0.39 is 5.60 Å². The maximum absolute atomic E-state index is 12.4. The number of aromatic amines is 2. The van der Waals surface area contributed by atoms with Gasteiger partial charge < -0.3 is 44.2 Å². The zero-order chi connectivity index (χ0) is 37.3. The van der Waals surface area contributed by atoms with Crippen LogP contribution >= 0.6 is 0 Å². The van der Waals surface area contributed by atoms with Crippen LogP contribution in [0.5, 0.6) is 11.5 Å². The molecule has 0 unspecified atom stereocenters. The number of H-pyrrole nitrogens is 2. The van der Waals surface area contributed by atoms with Gasteiger partial charge in [0.05, 0.1) is 22.4 Å². The second-order valence-electron chi connectivity index (χ2n) is 15.9. The largest absolute Gasteiger partial charge is 0.490 e. The predicted molar refractivity (Wildman–Crippen MR) is 210 cm³/mol. The molecule has 4 aromatic rings. The Morgan fingerprint density at radius 3 is 1.64 bits per heavy atom. The van der Waals surface area contributed by atoms with E-state index in [2.05, 4.69) is 38.2 Å². The second-order valence-corrected chi connectivity index (χ2v) is 15.9. The van der Waals surface area contributed by atoms with Gasteiger partial charge in [0.1, 0.15) is 29.3 Å². The predicted octanol–water partition coefficient (Wildman–Crippen LogP) is 5.73. The molecule has 1 amide bonds. The smallest absolute Gasteiger partial charge is 0.410 e. The number of nitrogens with one attached hydrogen (secondary N) is 3. The zero-order valence-corrected chi connectivity index (χ0v) is 31.8. The number of carbonyl (C=O) groups excluding carboxylic acids is 1. The number of carbonyl (C=O) groups is 1. The first-order valence-corrected chi connectivity index (χ1v) is 19.3. The van der Waals surface area contributed by atoms with E-state index in [1.54, 1.807) is 4.90 Å². The fourth-order valence-electron chi connectivity index (χ4n) is 8.07. The summed E-state index contributed by atoms with van der Waals surface area (Å²) in [6.45, 7) is 10.9. The Morgan fingerprint density at radius 2 is 1.17 bits per heavy atom. The molecule has 0 spiro atoms. The molecule has 6 heterocycles. The molecule has 12 nitrogen and oxygen atoms in total. The van der Waals surface area contributed by atoms with E-state index in [9.17, 15) is 14.4 Å². The van der Waals surface area contributed by atoms with E-state index in [-0.39, 0.29) is 29.4 Å². The van der Waals surface area contributed by atoms with Crippen LogP contribution in [0.25, 0.3) is 21.8 Å². The lowest BCUT2D eigenvalue weighted by atomic mass is 10.00. The normalized spacial score (nSPS) is 18.2. The summed E-state index contributed by atoms with van der Waals surface area (Å²) in [5, 5.41) is 5.47. The van der Waals surface area contributed by atoms with E-state index in [0.29, 0.717) is 13.1 Å². The average molecular weight is 727 g/mol. The standard InChI is InChI=1S/C23H31N3O4.C18H23N3O2/c1-23(2,3)30-22(28)26-12-9-15(10-13-26)29-16-7-8-19-18(14-16)20-17(21(27)24-19)6-5-11-25(20)4;1-21-10-2-3-14-17(21)15-11-13(4-5-16(15)20-18(14)22)23-12-6-8-19-9-7-12/h7-8,14-15H,5-6,9-13H2,1-4H3,(H,24,27);4-5,11-12,19H,2-3,6-10H2,1H3,(H,20,22). The van der Waals surface area contributed by atoms with Crippen LogP contribution in [0.3, 0.4) is 0 Å². The molecule has 4 aliphatic rings. The molecule has 4 aliphatic heterocycles. The van der Waals surface area contributed by atoms with Crippen LogP contribution in [0.1, 0.15) is 70.4 Å². The number of pyridine rings is 2. The van der Waals surface area contributed by atoms with Crippen molar-refractivity contribution in [2.75, 3.05) is 63.2 Å². The minimum atomic E-state index is -0.483. The van der Waals surface area contributed by atoms with Gasteiger partial charge in [0.15, 0.2) is 0 Å². The van der Waals surface area contributed by atoms with Crippen molar-refractivity contribution in [1.29, 1.82) is 0 Å². The highest BCUT2D eigenvalue weighted by atomic mass is 16.6. The van der Waals surface area contributed by atoms with Gasteiger partial charge in [0, 0.05) is 75.0 Å². The monoisotopic (exact) mass is 726 g/mol. The van der Waals surface area contributed by atoms with Crippen LogP contribution < -0.4 is 35.7 Å². The van der Waals surface area contributed by atoms with Crippen molar-refractivity contribution >= 4 is 39.3 Å². The van der Waals surface area contributed by atoms with E-state index >= 15 is 0 Å². The van der Waals surface area contributed by atoms with Crippen LogP contribution in [0.4, 0.5) is 16.2 Å². The van der Waals surface area contributed by atoms with E-state index in [4.69, 9.17) is 14.2 Å². The van der Waals surface area contributed by atoms with Gasteiger partial charge in [-0.15, -0.1) is 0 Å². The molecule has 0 atom stereocenters. The van der Waals surface area contributed by atoms with Crippen LogP contribution in [0.15, 0.2) is 46.0 Å². The Balaban J connectivity index is 0.000000170. The third-order valence-corrected chi connectivity index (χ3v) is 10.7. The number of aromatic nitrogens is 2. The molecule has 284 valence electrons. The van der Waals surface area contributed by atoms with Crippen LogP contribution in [0, 0.1) is 0 Å². The summed E-state index contributed by atoms with van der Waals surface area (Å²) in [6, 6.07) is 11.9.